The summed E-state index contributed by atoms with van der Waals surface area (Å²) in [5, 5.41) is 3.25. The molecule has 6 heteroatoms. The van der Waals surface area contributed by atoms with Gasteiger partial charge >= 0.3 is 0 Å². The van der Waals surface area contributed by atoms with Crippen LogP contribution in [0.25, 0.3) is 21.9 Å². The van der Waals surface area contributed by atoms with Gasteiger partial charge < -0.3 is 9.55 Å². The molecule has 0 aliphatic heterocycles. The van der Waals surface area contributed by atoms with Gasteiger partial charge in [0.25, 0.3) is 5.91 Å². The number of nitrogens with zero attached hydrogens (tertiary/aromatic N) is 2. The number of para-hydroxylation sites is 2. The molecule has 0 saturated carbocycles. The van der Waals surface area contributed by atoms with Gasteiger partial charge in [-0.05, 0) is 51.1 Å². The number of fused-ring (bicyclic) bond motifs is 2. The SMILES string of the molecule is CC(C)(C)n1c(NC(=O)c2cc3c(F)cccc3[nH]2)nc2ccccc21. The van der Waals surface area contributed by atoms with Crippen LogP contribution in [-0.4, -0.2) is 20.4 Å². The molecule has 0 unspecified atom stereocenters. The van der Waals surface area contributed by atoms with Crippen molar-refractivity contribution >= 4 is 33.8 Å². The number of benzene rings is 2. The van der Waals surface area contributed by atoms with Gasteiger partial charge in [0.15, 0.2) is 0 Å². The van der Waals surface area contributed by atoms with Gasteiger partial charge in [0.05, 0.1) is 11.0 Å². The summed E-state index contributed by atoms with van der Waals surface area (Å²) >= 11 is 0. The van der Waals surface area contributed by atoms with E-state index in [1.807, 2.05) is 28.8 Å². The quantitative estimate of drug-likeness (QED) is 0.552. The van der Waals surface area contributed by atoms with Gasteiger partial charge in [-0.2, -0.15) is 0 Å². The van der Waals surface area contributed by atoms with Crippen molar-refractivity contribution in [2.45, 2.75) is 26.3 Å². The predicted octanol–water partition coefficient (Wildman–Crippen LogP) is 4.66. The number of aromatic amines is 1. The number of nitrogens with one attached hydrogen (secondary N) is 2. The van der Waals surface area contributed by atoms with Crippen LogP contribution in [0.2, 0.25) is 0 Å². The smallest absolute Gasteiger partial charge is 0.274 e. The third-order valence-corrected chi connectivity index (χ3v) is 4.31. The lowest BCUT2D eigenvalue weighted by Gasteiger charge is -2.24. The molecule has 0 saturated heterocycles. The van der Waals surface area contributed by atoms with Gasteiger partial charge in [0.1, 0.15) is 11.5 Å². The van der Waals surface area contributed by atoms with Crippen LogP contribution in [0.3, 0.4) is 0 Å². The van der Waals surface area contributed by atoms with E-state index in [4.69, 9.17) is 0 Å². The number of carbonyl (C=O) groups is 1. The Morgan fingerprint density at radius 3 is 2.65 bits per heavy atom. The van der Waals surface area contributed by atoms with E-state index in [-0.39, 0.29) is 23.0 Å². The van der Waals surface area contributed by atoms with Crippen LogP contribution >= 0.6 is 0 Å². The Morgan fingerprint density at radius 1 is 1.15 bits per heavy atom. The molecule has 4 rings (SSSR count). The highest BCUT2D eigenvalue weighted by Gasteiger charge is 2.23. The first kappa shape index (κ1) is 16.3. The summed E-state index contributed by atoms with van der Waals surface area (Å²) in [7, 11) is 0. The Morgan fingerprint density at radius 2 is 1.92 bits per heavy atom. The summed E-state index contributed by atoms with van der Waals surface area (Å²) in [5.74, 6) is -0.260. The molecule has 0 spiro atoms. The van der Waals surface area contributed by atoms with E-state index in [0.29, 0.717) is 16.9 Å². The maximum absolute atomic E-state index is 13.9. The maximum atomic E-state index is 13.9. The average molecular weight is 350 g/mol. The summed E-state index contributed by atoms with van der Waals surface area (Å²) in [6, 6.07) is 14.0. The van der Waals surface area contributed by atoms with Crippen LogP contribution in [-0.2, 0) is 5.54 Å². The molecular formula is C20H19FN4O. The van der Waals surface area contributed by atoms with Crippen LogP contribution in [0.5, 0.6) is 0 Å². The van der Waals surface area contributed by atoms with E-state index in [1.54, 1.807) is 12.1 Å². The topological polar surface area (TPSA) is 62.7 Å². The molecule has 2 aromatic carbocycles. The monoisotopic (exact) mass is 350 g/mol. The van der Waals surface area contributed by atoms with Crippen molar-refractivity contribution < 1.29 is 9.18 Å². The van der Waals surface area contributed by atoms with Gasteiger partial charge in [-0.3, -0.25) is 10.1 Å². The molecule has 2 aromatic heterocycles. The Bertz CT molecular complexity index is 1130. The fourth-order valence-electron chi connectivity index (χ4n) is 3.20. The van der Waals surface area contributed by atoms with Crippen LogP contribution in [0.4, 0.5) is 10.3 Å². The first-order valence-corrected chi connectivity index (χ1v) is 8.41. The first-order chi connectivity index (χ1) is 12.3. The van der Waals surface area contributed by atoms with Gasteiger partial charge in [-0.25, -0.2) is 9.37 Å². The highest BCUT2D eigenvalue weighted by Crippen LogP contribution is 2.28. The molecule has 0 atom stereocenters. The largest absolute Gasteiger partial charge is 0.350 e. The fourth-order valence-corrected chi connectivity index (χ4v) is 3.20. The van der Waals surface area contributed by atoms with Crippen LogP contribution in [0.15, 0.2) is 48.5 Å². The highest BCUT2D eigenvalue weighted by molar-refractivity contribution is 6.05. The Balaban J connectivity index is 1.76. The number of rotatable bonds is 2. The number of halogens is 1. The zero-order valence-corrected chi connectivity index (χ0v) is 14.8. The van der Waals surface area contributed by atoms with Crippen molar-refractivity contribution in [2.24, 2.45) is 0 Å². The summed E-state index contributed by atoms with van der Waals surface area (Å²) in [5.41, 5.74) is 2.35. The number of amides is 1. The minimum absolute atomic E-state index is 0.273. The minimum atomic E-state index is -0.361. The second-order valence-electron chi connectivity index (χ2n) is 7.27. The molecule has 1 amide bonds. The molecule has 0 radical (unpaired) electrons. The van der Waals surface area contributed by atoms with Crippen molar-refractivity contribution in [3.8, 4) is 0 Å². The molecule has 4 aromatic rings. The number of carbonyl (C=O) groups excluding carboxylic acids is 1. The zero-order valence-electron chi connectivity index (χ0n) is 14.8. The second-order valence-corrected chi connectivity index (χ2v) is 7.27. The number of aromatic nitrogens is 3. The summed E-state index contributed by atoms with van der Waals surface area (Å²) < 4.78 is 15.9. The Hall–Kier alpha value is -3.15. The predicted molar refractivity (Wildman–Crippen MR) is 101 cm³/mol. The zero-order chi connectivity index (χ0) is 18.5. The lowest BCUT2D eigenvalue weighted by Crippen LogP contribution is -2.26. The number of H-pyrrole nitrogens is 1. The van der Waals surface area contributed by atoms with E-state index in [2.05, 4.69) is 36.1 Å². The van der Waals surface area contributed by atoms with Crippen molar-refractivity contribution in [3.05, 3.63) is 60.0 Å². The van der Waals surface area contributed by atoms with Crippen molar-refractivity contribution in [3.63, 3.8) is 0 Å². The van der Waals surface area contributed by atoms with Gasteiger partial charge in [0, 0.05) is 16.4 Å². The van der Waals surface area contributed by atoms with Gasteiger partial charge in [-0.1, -0.05) is 18.2 Å². The van der Waals surface area contributed by atoms with E-state index in [0.717, 1.165) is 11.0 Å². The van der Waals surface area contributed by atoms with Crippen molar-refractivity contribution in [1.82, 2.24) is 14.5 Å². The third-order valence-electron chi connectivity index (χ3n) is 4.31. The van der Waals surface area contributed by atoms with E-state index >= 15 is 0 Å². The molecular weight excluding hydrogens is 331 g/mol. The highest BCUT2D eigenvalue weighted by atomic mass is 19.1. The lowest BCUT2D eigenvalue weighted by atomic mass is 10.1. The molecule has 0 aliphatic carbocycles. The average Bonchev–Trinajstić information content (AvgIpc) is 3.15. The van der Waals surface area contributed by atoms with Crippen LogP contribution < -0.4 is 5.32 Å². The number of imidazole rings is 1. The molecule has 0 fully saturated rings. The van der Waals surface area contributed by atoms with E-state index in [1.165, 1.54) is 12.1 Å². The Labute approximate surface area is 149 Å². The first-order valence-electron chi connectivity index (χ1n) is 8.41. The van der Waals surface area contributed by atoms with E-state index in [9.17, 15) is 9.18 Å². The molecule has 26 heavy (non-hydrogen) atoms. The molecule has 0 bridgehead atoms. The second kappa shape index (κ2) is 5.69. The normalized spacial score (nSPS) is 12.0. The molecule has 0 aliphatic rings. The lowest BCUT2D eigenvalue weighted by molar-refractivity contribution is 0.102. The van der Waals surface area contributed by atoms with Gasteiger partial charge in [0.2, 0.25) is 5.95 Å². The Kier molecular flexibility index (Phi) is 3.57. The van der Waals surface area contributed by atoms with Crippen molar-refractivity contribution in [2.75, 3.05) is 5.32 Å². The number of anilines is 1. The summed E-state index contributed by atoms with van der Waals surface area (Å²) in [4.78, 5) is 20.3. The fraction of sp³-hybridized carbons (Fsp3) is 0.200. The standard InChI is InChI=1S/C20H19FN4O/c1-20(2,3)25-17-10-5-4-8-15(17)23-19(25)24-18(26)16-11-12-13(21)7-6-9-14(12)22-16/h4-11,22H,1-3H3,(H,23,24,26). The molecule has 2 heterocycles. The van der Waals surface area contributed by atoms with Crippen LogP contribution in [0.1, 0.15) is 31.3 Å². The molecule has 2 N–H and O–H groups in total. The molecule has 132 valence electrons. The van der Waals surface area contributed by atoms with Crippen molar-refractivity contribution in [1.29, 1.82) is 0 Å². The number of hydrogen-bond acceptors (Lipinski definition) is 2. The third kappa shape index (κ3) is 2.63. The number of hydrogen-bond donors (Lipinski definition) is 2. The molecule has 5 nitrogen and oxygen atoms in total. The summed E-state index contributed by atoms with van der Waals surface area (Å²) in [6.07, 6.45) is 0. The minimum Gasteiger partial charge on any atom is -0.350 e. The summed E-state index contributed by atoms with van der Waals surface area (Å²) in [6.45, 7) is 6.15. The van der Waals surface area contributed by atoms with Crippen LogP contribution in [0, 0.1) is 5.82 Å². The van der Waals surface area contributed by atoms with E-state index < -0.39 is 0 Å². The van der Waals surface area contributed by atoms with Gasteiger partial charge in [-0.15, -0.1) is 0 Å². The maximum Gasteiger partial charge on any atom is 0.274 e.